The normalized spacial score (nSPS) is 17.2. The molecule has 1 aliphatic heterocycles. The Kier molecular flexibility index (Phi) is 4.21. The van der Waals surface area contributed by atoms with Crippen LogP contribution in [0.2, 0.25) is 0 Å². The average molecular weight is 372 g/mol. The van der Waals surface area contributed by atoms with E-state index < -0.39 is 0 Å². The van der Waals surface area contributed by atoms with Crippen molar-refractivity contribution in [1.82, 2.24) is 24.9 Å². The number of nitrogens with one attached hydrogen (secondary N) is 1. The maximum atomic E-state index is 5.60. The van der Waals surface area contributed by atoms with Crippen LogP contribution >= 0.6 is 0 Å². The predicted octanol–water partition coefficient (Wildman–Crippen LogP) is 3.31. The van der Waals surface area contributed by atoms with Gasteiger partial charge in [-0.05, 0) is 31.2 Å². The lowest BCUT2D eigenvalue weighted by atomic mass is 10.1. The Morgan fingerprint density at radius 1 is 1.18 bits per heavy atom. The summed E-state index contributed by atoms with van der Waals surface area (Å²) in [5, 5.41) is 1.01. The first kappa shape index (κ1) is 16.8. The molecule has 0 aromatic carbocycles. The highest BCUT2D eigenvalue weighted by Crippen LogP contribution is 2.30. The van der Waals surface area contributed by atoms with Gasteiger partial charge in [0.25, 0.3) is 0 Å². The third kappa shape index (κ3) is 2.99. The lowest BCUT2D eigenvalue weighted by Gasteiger charge is -2.34. The van der Waals surface area contributed by atoms with Gasteiger partial charge in [0.15, 0.2) is 5.82 Å². The Morgan fingerprint density at radius 3 is 3.00 bits per heavy atom. The minimum Gasteiger partial charge on any atom is -0.377 e. The number of hydrogen-bond donors (Lipinski definition) is 1. The van der Waals surface area contributed by atoms with Gasteiger partial charge in [-0.15, -0.1) is 0 Å². The van der Waals surface area contributed by atoms with Crippen molar-refractivity contribution in [2.45, 2.75) is 13.0 Å². The molecule has 5 rings (SSSR count). The molecule has 0 aliphatic carbocycles. The van der Waals surface area contributed by atoms with Gasteiger partial charge in [-0.2, -0.15) is 0 Å². The quantitative estimate of drug-likeness (QED) is 0.594. The molecular weight excluding hydrogens is 352 g/mol. The molecule has 140 valence electrons. The van der Waals surface area contributed by atoms with Crippen LogP contribution in [0.15, 0.2) is 55.1 Å². The minimum atomic E-state index is 0.253. The fourth-order valence-corrected chi connectivity index (χ4v) is 3.59. The number of H-pyrrole nitrogens is 1. The van der Waals surface area contributed by atoms with Gasteiger partial charge in [0, 0.05) is 53.9 Å². The van der Waals surface area contributed by atoms with E-state index in [1.807, 2.05) is 42.7 Å². The van der Waals surface area contributed by atoms with Gasteiger partial charge < -0.3 is 14.6 Å². The Labute approximate surface area is 162 Å². The lowest BCUT2D eigenvalue weighted by molar-refractivity contribution is 0.0985. The number of morpholine rings is 1. The van der Waals surface area contributed by atoms with Crippen molar-refractivity contribution in [3.05, 3.63) is 55.1 Å². The van der Waals surface area contributed by atoms with E-state index in [2.05, 4.69) is 26.8 Å². The number of aromatic amines is 1. The van der Waals surface area contributed by atoms with Gasteiger partial charge in [0.05, 0.1) is 24.9 Å². The molecule has 1 atom stereocenters. The molecule has 0 spiro atoms. The minimum absolute atomic E-state index is 0.253. The predicted molar refractivity (Wildman–Crippen MR) is 108 cm³/mol. The first-order valence-electron chi connectivity index (χ1n) is 9.36. The van der Waals surface area contributed by atoms with Gasteiger partial charge in [0.2, 0.25) is 0 Å². The van der Waals surface area contributed by atoms with E-state index in [4.69, 9.17) is 14.7 Å². The van der Waals surface area contributed by atoms with E-state index in [-0.39, 0.29) is 6.04 Å². The molecule has 1 N–H and O–H groups in total. The number of aromatic nitrogens is 5. The van der Waals surface area contributed by atoms with Crippen LogP contribution < -0.4 is 4.90 Å². The van der Waals surface area contributed by atoms with Crippen molar-refractivity contribution < 1.29 is 4.74 Å². The molecule has 1 unspecified atom stereocenters. The van der Waals surface area contributed by atoms with E-state index in [1.165, 1.54) is 0 Å². The summed E-state index contributed by atoms with van der Waals surface area (Å²) < 4.78 is 5.60. The smallest absolute Gasteiger partial charge is 0.162 e. The molecule has 1 aliphatic rings. The number of anilines is 1. The first-order valence-corrected chi connectivity index (χ1v) is 9.36. The van der Waals surface area contributed by atoms with Crippen LogP contribution in [-0.2, 0) is 4.74 Å². The molecule has 4 aromatic heterocycles. The maximum absolute atomic E-state index is 5.60. The van der Waals surface area contributed by atoms with Crippen molar-refractivity contribution >= 4 is 16.9 Å². The van der Waals surface area contributed by atoms with Crippen molar-refractivity contribution in [1.29, 1.82) is 0 Å². The summed E-state index contributed by atoms with van der Waals surface area (Å²) in [5.41, 5.74) is 3.60. The molecule has 0 bridgehead atoms. The average Bonchev–Trinajstić information content (AvgIpc) is 3.23. The zero-order chi connectivity index (χ0) is 18.9. The molecule has 0 saturated carbocycles. The number of nitrogens with zero attached hydrogens (tertiary/aromatic N) is 5. The van der Waals surface area contributed by atoms with Crippen molar-refractivity contribution in [3.63, 3.8) is 0 Å². The van der Waals surface area contributed by atoms with Gasteiger partial charge in [0.1, 0.15) is 11.5 Å². The number of hydrogen-bond acceptors (Lipinski definition) is 6. The second-order valence-electron chi connectivity index (χ2n) is 6.89. The standard InChI is InChI=1S/C21H20N6O/c1-14-13-28-10-9-27(14)19-11-18(15-3-2-6-22-12-15)25-21(26-19)17-5-8-24-20-16(17)4-7-23-20/h2-8,11-12,14H,9-10,13H2,1H3,(H,23,24). The fourth-order valence-electron chi connectivity index (χ4n) is 3.59. The van der Waals surface area contributed by atoms with Crippen molar-refractivity contribution in [3.8, 4) is 22.6 Å². The highest BCUT2D eigenvalue weighted by atomic mass is 16.5. The Balaban J connectivity index is 1.70. The Morgan fingerprint density at radius 2 is 2.14 bits per heavy atom. The summed E-state index contributed by atoms with van der Waals surface area (Å²) in [4.78, 5) is 23.9. The summed E-state index contributed by atoms with van der Waals surface area (Å²) in [5.74, 6) is 1.59. The molecule has 0 radical (unpaired) electrons. The van der Waals surface area contributed by atoms with Crippen LogP contribution in [0.3, 0.4) is 0 Å². The first-order chi connectivity index (χ1) is 13.8. The second kappa shape index (κ2) is 7.01. The highest BCUT2D eigenvalue weighted by Gasteiger charge is 2.22. The van der Waals surface area contributed by atoms with Gasteiger partial charge in [-0.1, -0.05) is 0 Å². The van der Waals surface area contributed by atoms with E-state index in [0.29, 0.717) is 19.0 Å². The van der Waals surface area contributed by atoms with Crippen molar-refractivity contribution in [2.24, 2.45) is 0 Å². The van der Waals surface area contributed by atoms with Crippen LogP contribution in [0.4, 0.5) is 5.82 Å². The summed E-state index contributed by atoms with van der Waals surface area (Å²) in [6.07, 6.45) is 7.27. The fraction of sp³-hybridized carbons (Fsp3) is 0.238. The molecule has 1 saturated heterocycles. The van der Waals surface area contributed by atoms with E-state index in [0.717, 1.165) is 40.2 Å². The summed E-state index contributed by atoms with van der Waals surface area (Å²) in [6, 6.07) is 10.2. The van der Waals surface area contributed by atoms with E-state index in [9.17, 15) is 0 Å². The van der Waals surface area contributed by atoms with E-state index in [1.54, 1.807) is 12.4 Å². The molecule has 7 nitrogen and oxygen atoms in total. The van der Waals surface area contributed by atoms with E-state index >= 15 is 0 Å². The van der Waals surface area contributed by atoms with Crippen LogP contribution in [0.1, 0.15) is 6.92 Å². The monoisotopic (exact) mass is 372 g/mol. The highest BCUT2D eigenvalue weighted by molar-refractivity contribution is 5.91. The third-order valence-electron chi connectivity index (χ3n) is 5.03. The second-order valence-corrected chi connectivity index (χ2v) is 6.89. The topological polar surface area (TPSA) is 79.8 Å². The van der Waals surface area contributed by atoms with Gasteiger partial charge in [-0.3, -0.25) is 4.98 Å². The molecule has 7 heteroatoms. The molecular formula is C21H20N6O. The largest absolute Gasteiger partial charge is 0.377 e. The van der Waals surface area contributed by atoms with Crippen LogP contribution in [0, 0.1) is 0 Å². The SMILES string of the molecule is CC1COCCN1c1cc(-c2cccnc2)nc(-c2ccnc3[nH]ccc23)n1. The Hall–Kier alpha value is -3.32. The Bertz CT molecular complexity index is 1110. The lowest BCUT2D eigenvalue weighted by Crippen LogP contribution is -2.44. The number of rotatable bonds is 3. The number of fused-ring (bicyclic) bond motifs is 1. The molecule has 0 amide bonds. The molecule has 28 heavy (non-hydrogen) atoms. The summed E-state index contributed by atoms with van der Waals surface area (Å²) >= 11 is 0. The van der Waals surface area contributed by atoms with Crippen LogP contribution in [0.5, 0.6) is 0 Å². The molecule has 1 fully saturated rings. The van der Waals surface area contributed by atoms with Crippen molar-refractivity contribution in [2.75, 3.05) is 24.7 Å². The maximum Gasteiger partial charge on any atom is 0.162 e. The van der Waals surface area contributed by atoms with Gasteiger partial charge in [-0.25, -0.2) is 15.0 Å². The molecule has 4 aromatic rings. The summed E-state index contributed by atoms with van der Waals surface area (Å²) in [6.45, 7) is 4.35. The zero-order valence-electron chi connectivity index (χ0n) is 15.5. The van der Waals surface area contributed by atoms with Crippen LogP contribution in [0.25, 0.3) is 33.7 Å². The van der Waals surface area contributed by atoms with Gasteiger partial charge >= 0.3 is 0 Å². The summed E-state index contributed by atoms with van der Waals surface area (Å²) in [7, 11) is 0. The zero-order valence-corrected chi connectivity index (χ0v) is 15.5. The van der Waals surface area contributed by atoms with Crippen LogP contribution in [-0.4, -0.2) is 50.7 Å². The number of pyridine rings is 2. The number of ether oxygens (including phenoxy) is 1. The third-order valence-corrected chi connectivity index (χ3v) is 5.03. The molecule has 5 heterocycles.